The summed E-state index contributed by atoms with van der Waals surface area (Å²) in [5.41, 5.74) is 0. The minimum absolute atomic E-state index is 0.00481. The van der Waals surface area contributed by atoms with Gasteiger partial charge in [-0.2, -0.15) is 0 Å². The molecule has 1 aromatic rings. The molecule has 0 aromatic heterocycles. The van der Waals surface area contributed by atoms with Gasteiger partial charge in [0.25, 0.3) is 5.91 Å². The Hall–Kier alpha value is -2.24. The number of methoxy groups -OCH3 is 1. The first-order chi connectivity index (χ1) is 12.7. The predicted octanol–water partition coefficient (Wildman–Crippen LogP) is 2.76. The van der Waals surface area contributed by atoms with Crippen LogP contribution in [0.1, 0.15) is 45.4 Å². The van der Waals surface area contributed by atoms with Crippen molar-refractivity contribution in [2.45, 2.75) is 51.5 Å². The largest absolute Gasteiger partial charge is 0.493 e. The molecule has 0 spiro atoms. The molecule has 0 heterocycles. The van der Waals surface area contributed by atoms with E-state index in [-0.39, 0.29) is 24.5 Å². The number of unbranched alkanes of at least 4 members (excludes halogenated alkanes) is 2. The number of carbonyl (C=O) groups excluding carboxylic acids is 2. The molecule has 0 radical (unpaired) electrons. The van der Waals surface area contributed by atoms with Crippen molar-refractivity contribution in [2.75, 3.05) is 26.8 Å². The van der Waals surface area contributed by atoms with Gasteiger partial charge in [-0.3, -0.25) is 9.59 Å². The number of hydrogen-bond acceptors (Lipinski definition) is 4. The lowest BCUT2D eigenvalue weighted by atomic mass is 10.2. The molecule has 0 bridgehead atoms. The van der Waals surface area contributed by atoms with E-state index in [0.717, 1.165) is 32.1 Å². The van der Waals surface area contributed by atoms with E-state index in [0.29, 0.717) is 31.0 Å². The fourth-order valence-corrected chi connectivity index (χ4v) is 2.77. The van der Waals surface area contributed by atoms with Crippen LogP contribution in [0.4, 0.5) is 0 Å². The van der Waals surface area contributed by atoms with Gasteiger partial charge < -0.3 is 19.7 Å². The summed E-state index contributed by atoms with van der Waals surface area (Å²) < 4.78 is 10.9. The van der Waals surface area contributed by atoms with Crippen LogP contribution in [0.15, 0.2) is 24.3 Å². The highest BCUT2D eigenvalue weighted by atomic mass is 16.5. The van der Waals surface area contributed by atoms with Crippen molar-refractivity contribution in [1.29, 1.82) is 0 Å². The average Bonchev–Trinajstić information content (AvgIpc) is 3.49. The highest BCUT2D eigenvalue weighted by Gasteiger charge is 2.32. The van der Waals surface area contributed by atoms with Crippen LogP contribution in [0.3, 0.4) is 0 Å². The van der Waals surface area contributed by atoms with E-state index in [1.165, 1.54) is 0 Å². The molecule has 1 aliphatic rings. The van der Waals surface area contributed by atoms with E-state index < -0.39 is 0 Å². The van der Waals surface area contributed by atoms with Crippen LogP contribution in [0, 0.1) is 0 Å². The second kappa shape index (κ2) is 10.7. The number of nitrogens with zero attached hydrogens (tertiary/aromatic N) is 1. The topological polar surface area (TPSA) is 67.9 Å². The van der Waals surface area contributed by atoms with Gasteiger partial charge in [0.05, 0.1) is 7.11 Å². The van der Waals surface area contributed by atoms with Crippen LogP contribution in [0.25, 0.3) is 0 Å². The quantitative estimate of drug-likeness (QED) is 0.581. The maximum absolute atomic E-state index is 12.5. The van der Waals surface area contributed by atoms with Crippen molar-refractivity contribution in [3.8, 4) is 11.5 Å². The van der Waals surface area contributed by atoms with Crippen molar-refractivity contribution in [2.24, 2.45) is 0 Å². The third kappa shape index (κ3) is 6.58. The molecule has 1 aliphatic carbocycles. The van der Waals surface area contributed by atoms with Crippen LogP contribution in [0.2, 0.25) is 0 Å². The molecule has 1 N–H and O–H groups in total. The van der Waals surface area contributed by atoms with Crippen LogP contribution in [-0.2, 0) is 9.59 Å². The Morgan fingerprint density at radius 2 is 1.92 bits per heavy atom. The van der Waals surface area contributed by atoms with E-state index in [2.05, 4.69) is 12.2 Å². The van der Waals surface area contributed by atoms with Gasteiger partial charge in [-0.1, -0.05) is 31.9 Å². The molecule has 2 rings (SSSR count). The first-order valence-electron chi connectivity index (χ1n) is 9.47. The van der Waals surface area contributed by atoms with E-state index in [1.54, 1.807) is 24.1 Å². The summed E-state index contributed by atoms with van der Waals surface area (Å²) >= 11 is 0. The Kier molecular flexibility index (Phi) is 8.25. The zero-order valence-corrected chi connectivity index (χ0v) is 15.8. The maximum atomic E-state index is 12.5. The number of rotatable bonds is 12. The van der Waals surface area contributed by atoms with Gasteiger partial charge in [-0.15, -0.1) is 0 Å². The van der Waals surface area contributed by atoms with Crippen molar-refractivity contribution < 1.29 is 19.1 Å². The second-order valence-corrected chi connectivity index (χ2v) is 6.56. The molecule has 144 valence electrons. The predicted molar refractivity (Wildman–Crippen MR) is 100 cm³/mol. The minimum atomic E-state index is -0.0859. The Morgan fingerprint density at radius 1 is 1.19 bits per heavy atom. The molecular weight excluding hydrogens is 332 g/mol. The summed E-state index contributed by atoms with van der Waals surface area (Å²) in [6, 6.07) is 7.50. The number of hydrogen-bond donors (Lipinski definition) is 1. The highest BCUT2D eigenvalue weighted by Crippen LogP contribution is 2.28. The van der Waals surface area contributed by atoms with E-state index in [1.807, 2.05) is 12.1 Å². The highest BCUT2D eigenvalue weighted by molar-refractivity contribution is 5.80. The molecule has 0 aliphatic heterocycles. The lowest BCUT2D eigenvalue weighted by Gasteiger charge is -2.22. The van der Waals surface area contributed by atoms with Crippen LogP contribution in [-0.4, -0.2) is 49.6 Å². The third-order valence-corrected chi connectivity index (χ3v) is 4.41. The molecule has 6 nitrogen and oxygen atoms in total. The first-order valence-corrected chi connectivity index (χ1v) is 9.47. The van der Waals surface area contributed by atoms with Crippen LogP contribution in [0.5, 0.6) is 11.5 Å². The molecule has 0 atom stereocenters. The molecule has 1 fully saturated rings. The van der Waals surface area contributed by atoms with E-state index >= 15 is 0 Å². The lowest BCUT2D eigenvalue weighted by molar-refractivity contribution is -0.134. The zero-order chi connectivity index (χ0) is 18.8. The third-order valence-electron chi connectivity index (χ3n) is 4.41. The molecule has 26 heavy (non-hydrogen) atoms. The summed E-state index contributed by atoms with van der Waals surface area (Å²) in [4.78, 5) is 26.3. The van der Waals surface area contributed by atoms with Crippen molar-refractivity contribution in [3.63, 3.8) is 0 Å². The Morgan fingerprint density at radius 3 is 2.58 bits per heavy atom. The number of benzene rings is 1. The van der Waals surface area contributed by atoms with Gasteiger partial charge in [-0.05, 0) is 31.4 Å². The smallest absolute Gasteiger partial charge is 0.260 e. The summed E-state index contributed by atoms with van der Waals surface area (Å²) in [6.45, 7) is 3.24. The number of para-hydroxylation sites is 2. The fraction of sp³-hybridized carbons (Fsp3) is 0.600. The van der Waals surface area contributed by atoms with Crippen molar-refractivity contribution >= 4 is 11.8 Å². The van der Waals surface area contributed by atoms with Gasteiger partial charge >= 0.3 is 0 Å². The molecule has 1 aromatic carbocycles. The SMILES string of the molecule is CCCCCNC(=O)CCN(C(=O)COc1ccccc1OC)C1CC1. The Balaban J connectivity index is 1.77. The average molecular weight is 362 g/mol. The van der Waals surface area contributed by atoms with E-state index in [4.69, 9.17) is 9.47 Å². The normalized spacial score (nSPS) is 13.2. The second-order valence-electron chi connectivity index (χ2n) is 6.56. The van der Waals surface area contributed by atoms with Crippen LogP contribution < -0.4 is 14.8 Å². The monoisotopic (exact) mass is 362 g/mol. The summed E-state index contributed by atoms with van der Waals surface area (Å²) in [5.74, 6) is 1.07. The maximum Gasteiger partial charge on any atom is 0.260 e. The summed E-state index contributed by atoms with van der Waals surface area (Å²) in [7, 11) is 1.57. The molecule has 6 heteroatoms. The van der Waals surface area contributed by atoms with Crippen molar-refractivity contribution in [1.82, 2.24) is 10.2 Å². The molecule has 0 unspecified atom stereocenters. The number of carbonyl (C=O) groups is 2. The first kappa shape index (κ1) is 20.1. The number of ether oxygens (including phenoxy) is 2. The van der Waals surface area contributed by atoms with Gasteiger partial charge in [0.2, 0.25) is 5.91 Å². The van der Waals surface area contributed by atoms with Crippen molar-refractivity contribution in [3.05, 3.63) is 24.3 Å². The Labute approximate surface area is 155 Å². The number of nitrogens with one attached hydrogen (secondary N) is 1. The number of amides is 2. The molecule has 0 saturated heterocycles. The van der Waals surface area contributed by atoms with Gasteiger partial charge in [0.15, 0.2) is 18.1 Å². The fourth-order valence-electron chi connectivity index (χ4n) is 2.77. The molecule has 2 amide bonds. The van der Waals surface area contributed by atoms with Gasteiger partial charge in [0.1, 0.15) is 0 Å². The van der Waals surface area contributed by atoms with Gasteiger partial charge in [-0.25, -0.2) is 0 Å². The summed E-state index contributed by atoms with van der Waals surface area (Å²) in [6.07, 6.45) is 5.58. The molecule has 1 saturated carbocycles. The van der Waals surface area contributed by atoms with E-state index in [9.17, 15) is 9.59 Å². The lowest BCUT2D eigenvalue weighted by Crippen LogP contribution is -2.39. The standard InChI is InChI=1S/C20H30N2O4/c1-3-4-7-13-21-19(23)12-14-22(16-10-11-16)20(24)15-26-18-9-6-5-8-17(18)25-2/h5-6,8-9,16H,3-4,7,10-15H2,1-2H3,(H,21,23). The van der Waals surface area contributed by atoms with Gasteiger partial charge in [0, 0.05) is 25.6 Å². The van der Waals surface area contributed by atoms with Crippen LogP contribution >= 0.6 is 0 Å². The minimum Gasteiger partial charge on any atom is -0.493 e. The molecular formula is C20H30N2O4. The summed E-state index contributed by atoms with van der Waals surface area (Å²) in [5, 5.41) is 2.92. The Bertz CT molecular complexity index is 587. The zero-order valence-electron chi connectivity index (χ0n) is 15.8.